The molecular formula is C26H28N4O3S. The maximum atomic E-state index is 12.9. The summed E-state index contributed by atoms with van der Waals surface area (Å²) >= 11 is 1.46. The van der Waals surface area contributed by atoms with Crippen LogP contribution in [0.1, 0.15) is 42.7 Å². The van der Waals surface area contributed by atoms with Crippen LogP contribution >= 0.6 is 11.3 Å². The second kappa shape index (κ2) is 11.0. The number of thiazole rings is 1. The van der Waals surface area contributed by atoms with Crippen LogP contribution in [0.3, 0.4) is 0 Å². The monoisotopic (exact) mass is 476 g/mol. The number of nitrogens with zero attached hydrogens (tertiary/aromatic N) is 3. The van der Waals surface area contributed by atoms with E-state index in [1.54, 1.807) is 16.8 Å². The van der Waals surface area contributed by atoms with E-state index in [-0.39, 0.29) is 5.91 Å². The second-order valence-electron chi connectivity index (χ2n) is 7.74. The lowest BCUT2D eigenvalue weighted by molar-refractivity contribution is 0.102. The maximum absolute atomic E-state index is 12.9. The SMILES string of the molecule is CCCCOc1ccc(C(=O)Nc2cc(C)nn2-c2nc(-c3ccc(OCC)cc3)cs2)cc1. The minimum Gasteiger partial charge on any atom is -0.494 e. The second-order valence-corrected chi connectivity index (χ2v) is 8.57. The highest BCUT2D eigenvalue weighted by Crippen LogP contribution is 2.28. The number of benzene rings is 2. The molecule has 0 aliphatic rings. The maximum Gasteiger partial charge on any atom is 0.256 e. The van der Waals surface area contributed by atoms with Gasteiger partial charge >= 0.3 is 0 Å². The minimum atomic E-state index is -0.218. The molecule has 176 valence electrons. The summed E-state index contributed by atoms with van der Waals surface area (Å²) in [5.41, 5.74) is 3.16. The Morgan fingerprint density at radius 3 is 2.44 bits per heavy atom. The highest BCUT2D eigenvalue weighted by Gasteiger charge is 2.15. The molecule has 0 atom stereocenters. The first-order valence-corrected chi connectivity index (χ1v) is 12.3. The predicted molar refractivity (Wildman–Crippen MR) is 135 cm³/mol. The Balaban J connectivity index is 1.48. The molecule has 0 aliphatic carbocycles. The fourth-order valence-electron chi connectivity index (χ4n) is 3.34. The number of hydrogen-bond acceptors (Lipinski definition) is 6. The van der Waals surface area contributed by atoms with E-state index in [1.807, 2.05) is 61.7 Å². The fourth-order valence-corrected chi connectivity index (χ4v) is 4.14. The van der Waals surface area contributed by atoms with Gasteiger partial charge in [0, 0.05) is 22.6 Å². The molecule has 0 bridgehead atoms. The largest absolute Gasteiger partial charge is 0.494 e. The van der Waals surface area contributed by atoms with E-state index in [2.05, 4.69) is 17.3 Å². The van der Waals surface area contributed by atoms with Crippen molar-refractivity contribution in [1.29, 1.82) is 0 Å². The molecule has 2 aromatic carbocycles. The van der Waals surface area contributed by atoms with Crippen molar-refractivity contribution >= 4 is 23.1 Å². The third-order valence-corrected chi connectivity index (χ3v) is 5.91. The Labute approximate surface area is 203 Å². The third kappa shape index (κ3) is 5.63. The van der Waals surface area contributed by atoms with Crippen molar-refractivity contribution in [2.75, 3.05) is 18.5 Å². The molecule has 0 unspecified atom stereocenters. The van der Waals surface area contributed by atoms with Gasteiger partial charge in [0.25, 0.3) is 5.91 Å². The van der Waals surface area contributed by atoms with Crippen LogP contribution in [0.4, 0.5) is 5.82 Å². The van der Waals surface area contributed by atoms with Crippen LogP contribution in [0.15, 0.2) is 60.0 Å². The molecule has 0 fully saturated rings. The summed E-state index contributed by atoms with van der Waals surface area (Å²) < 4.78 is 12.9. The number of rotatable bonds is 10. The number of amides is 1. The van der Waals surface area contributed by atoms with Gasteiger partial charge in [0.05, 0.1) is 24.6 Å². The van der Waals surface area contributed by atoms with Gasteiger partial charge in [-0.3, -0.25) is 4.79 Å². The van der Waals surface area contributed by atoms with E-state index in [9.17, 15) is 4.79 Å². The van der Waals surface area contributed by atoms with Crippen molar-refractivity contribution in [3.63, 3.8) is 0 Å². The smallest absolute Gasteiger partial charge is 0.256 e. The zero-order chi connectivity index (χ0) is 23.9. The molecule has 0 aliphatic heterocycles. The quantitative estimate of drug-likeness (QED) is 0.278. The molecule has 0 saturated heterocycles. The summed E-state index contributed by atoms with van der Waals surface area (Å²) in [5.74, 6) is 1.94. The highest BCUT2D eigenvalue weighted by atomic mass is 32.1. The number of unbranched alkanes of at least 4 members (excludes halogenated alkanes) is 1. The fraction of sp³-hybridized carbons (Fsp3) is 0.269. The molecule has 0 radical (unpaired) electrons. The molecule has 1 amide bonds. The van der Waals surface area contributed by atoms with Crippen molar-refractivity contribution < 1.29 is 14.3 Å². The normalized spacial score (nSPS) is 10.8. The van der Waals surface area contributed by atoms with E-state index in [4.69, 9.17) is 14.5 Å². The number of nitrogens with one attached hydrogen (secondary N) is 1. The summed E-state index contributed by atoms with van der Waals surface area (Å²) in [5, 5.41) is 10.1. The number of hydrogen-bond donors (Lipinski definition) is 1. The Morgan fingerprint density at radius 1 is 1.03 bits per heavy atom. The minimum absolute atomic E-state index is 0.218. The summed E-state index contributed by atoms with van der Waals surface area (Å²) in [6, 6.07) is 16.8. The number of aromatic nitrogens is 3. The van der Waals surface area contributed by atoms with Gasteiger partial charge in [0.1, 0.15) is 17.3 Å². The molecule has 2 aromatic heterocycles. The van der Waals surface area contributed by atoms with Gasteiger partial charge in [-0.05, 0) is 68.8 Å². The van der Waals surface area contributed by atoms with Crippen LogP contribution in [0, 0.1) is 6.92 Å². The van der Waals surface area contributed by atoms with Crippen molar-refractivity contribution in [2.24, 2.45) is 0 Å². The van der Waals surface area contributed by atoms with Gasteiger partial charge in [0.2, 0.25) is 5.13 Å². The molecular weight excluding hydrogens is 448 g/mol. The van der Waals surface area contributed by atoms with Gasteiger partial charge in [-0.15, -0.1) is 11.3 Å². The van der Waals surface area contributed by atoms with E-state index >= 15 is 0 Å². The molecule has 2 heterocycles. The third-order valence-electron chi connectivity index (χ3n) is 5.09. The van der Waals surface area contributed by atoms with Crippen LogP contribution in [-0.4, -0.2) is 33.9 Å². The van der Waals surface area contributed by atoms with Crippen LogP contribution < -0.4 is 14.8 Å². The number of carbonyl (C=O) groups excluding carboxylic acids is 1. The van der Waals surface area contributed by atoms with Gasteiger partial charge in [-0.2, -0.15) is 9.78 Å². The zero-order valence-electron chi connectivity index (χ0n) is 19.6. The average Bonchev–Trinajstić information content (AvgIpc) is 3.47. The van der Waals surface area contributed by atoms with Crippen LogP contribution in [0.5, 0.6) is 11.5 Å². The Kier molecular flexibility index (Phi) is 7.59. The van der Waals surface area contributed by atoms with Crippen LogP contribution in [0.2, 0.25) is 0 Å². The first kappa shape index (κ1) is 23.5. The van der Waals surface area contributed by atoms with Gasteiger partial charge in [-0.1, -0.05) is 13.3 Å². The Hall–Kier alpha value is -3.65. The average molecular weight is 477 g/mol. The van der Waals surface area contributed by atoms with E-state index in [1.165, 1.54) is 11.3 Å². The first-order chi connectivity index (χ1) is 16.6. The topological polar surface area (TPSA) is 78.3 Å². The summed E-state index contributed by atoms with van der Waals surface area (Å²) in [6.07, 6.45) is 2.08. The van der Waals surface area contributed by atoms with Crippen LogP contribution in [-0.2, 0) is 0 Å². The van der Waals surface area contributed by atoms with Gasteiger partial charge < -0.3 is 14.8 Å². The highest BCUT2D eigenvalue weighted by molar-refractivity contribution is 7.12. The molecule has 4 rings (SSSR count). The molecule has 4 aromatic rings. The Morgan fingerprint density at radius 2 is 1.74 bits per heavy atom. The summed E-state index contributed by atoms with van der Waals surface area (Å²) in [4.78, 5) is 17.6. The standard InChI is InChI=1S/C26H28N4O3S/c1-4-6-15-33-22-13-9-20(10-14-22)25(31)28-24-16-18(3)29-30(24)26-27-23(17-34-26)19-7-11-21(12-8-19)32-5-2/h7-14,16-17H,4-6,15H2,1-3H3,(H,28,31). The van der Waals surface area contributed by atoms with Crippen LogP contribution in [0.25, 0.3) is 16.4 Å². The number of anilines is 1. The molecule has 0 saturated carbocycles. The lowest BCUT2D eigenvalue weighted by atomic mass is 10.2. The molecule has 1 N–H and O–H groups in total. The van der Waals surface area contributed by atoms with E-state index in [0.29, 0.717) is 29.7 Å². The van der Waals surface area contributed by atoms with E-state index in [0.717, 1.165) is 41.3 Å². The van der Waals surface area contributed by atoms with E-state index < -0.39 is 0 Å². The van der Waals surface area contributed by atoms with Crippen molar-refractivity contribution in [2.45, 2.75) is 33.6 Å². The zero-order valence-corrected chi connectivity index (χ0v) is 20.4. The van der Waals surface area contributed by atoms with Crippen molar-refractivity contribution in [3.05, 3.63) is 71.2 Å². The van der Waals surface area contributed by atoms with Crippen molar-refractivity contribution in [3.8, 4) is 27.9 Å². The number of aryl methyl sites for hydroxylation is 1. The van der Waals surface area contributed by atoms with Gasteiger partial charge in [-0.25, -0.2) is 4.98 Å². The lowest BCUT2D eigenvalue weighted by Crippen LogP contribution is -2.15. The molecule has 8 heteroatoms. The number of carbonyl (C=O) groups is 1. The molecule has 0 spiro atoms. The molecule has 7 nitrogen and oxygen atoms in total. The Bertz CT molecular complexity index is 1230. The predicted octanol–water partition coefficient (Wildman–Crippen LogP) is 6.13. The summed E-state index contributed by atoms with van der Waals surface area (Å²) in [7, 11) is 0. The first-order valence-electron chi connectivity index (χ1n) is 11.4. The lowest BCUT2D eigenvalue weighted by Gasteiger charge is -2.08. The summed E-state index contributed by atoms with van der Waals surface area (Å²) in [6.45, 7) is 7.27. The van der Waals surface area contributed by atoms with Gasteiger partial charge in [0.15, 0.2) is 0 Å². The number of ether oxygens (including phenoxy) is 2. The molecule has 34 heavy (non-hydrogen) atoms. The van der Waals surface area contributed by atoms with Crippen molar-refractivity contribution in [1.82, 2.24) is 14.8 Å².